The number of carbonyl (C=O) groups is 1. The quantitative estimate of drug-likeness (QED) is 0.865. The highest BCUT2D eigenvalue weighted by molar-refractivity contribution is 5.84. The Hall–Kier alpha value is -1.39. The molecule has 1 aromatic carbocycles. The summed E-state index contributed by atoms with van der Waals surface area (Å²) in [5.41, 5.74) is 1.14. The van der Waals surface area contributed by atoms with E-state index in [0.717, 1.165) is 31.2 Å². The molecular formula is C16H22N2O2. The topological polar surface area (TPSA) is 52.6 Å². The van der Waals surface area contributed by atoms with Crippen LogP contribution in [-0.4, -0.2) is 34.1 Å². The molecule has 2 atom stereocenters. The Bertz CT molecular complexity index is 469. The standard InChI is InChI=1S/C16H22N2O2/c1-11-16(20)18(13-7-9-14(19)10-8-13)15(17-11)12-5-3-2-4-6-12/h2-6,11,13-15,17,19H,7-10H2,1H3. The van der Waals surface area contributed by atoms with Crippen LogP contribution in [0.2, 0.25) is 0 Å². The monoisotopic (exact) mass is 274 g/mol. The second kappa shape index (κ2) is 5.54. The Morgan fingerprint density at radius 1 is 1.15 bits per heavy atom. The van der Waals surface area contributed by atoms with Crippen molar-refractivity contribution in [2.24, 2.45) is 0 Å². The number of hydrogen-bond donors (Lipinski definition) is 2. The van der Waals surface area contributed by atoms with Gasteiger partial charge in [-0.1, -0.05) is 30.3 Å². The molecule has 108 valence electrons. The molecule has 20 heavy (non-hydrogen) atoms. The third kappa shape index (κ3) is 2.45. The van der Waals surface area contributed by atoms with Gasteiger partial charge in [0.05, 0.1) is 12.1 Å². The SMILES string of the molecule is CC1NC(c2ccccc2)N(C2CCC(O)CC2)C1=O. The number of carbonyl (C=O) groups excluding carboxylic acids is 1. The fourth-order valence-electron chi connectivity index (χ4n) is 3.36. The molecule has 1 aromatic rings. The van der Waals surface area contributed by atoms with Crippen molar-refractivity contribution in [1.29, 1.82) is 0 Å². The van der Waals surface area contributed by atoms with E-state index in [0.29, 0.717) is 0 Å². The average Bonchev–Trinajstić information content (AvgIpc) is 2.77. The Kier molecular flexibility index (Phi) is 3.76. The normalized spacial score (nSPS) is 34.5. The first-order chi connectivity index (χ1) is 9.66. The van der Waals surface area contributed by atoms with Gasteiger partial charge < -0.3 is 10.0 Å². The number of aliphatic hydroxyl groups is 1. The number of nitrogens with zero attached hydrogens (tertiary/aromatic N) is 1. The fraction of sp³-hybridized carbons (Fsp3) is 0.562. The highest BCUT2D eigenvalue weighted by Crippen LogP contribution is 2.33. The van der Waals surface area contributed by atoms with Gasteiger partial charge >= 0.3 is 0 Å². The molecule has 1 saturated carbocycles. The minimum absolute atomic E-state index is 0.0288. The third-order valence-corrected chi connectivity index (χ3v) is 4.49. The predicted molar refractivity (Wildman–Crippen MR) is 76.9 cm³/mol. The molecule has 2 aliphatic rings. The summed E-state index contributed by atoms with van der Waals surface area (Å²) in [5.74, 6) is 0.181. The van der Waals surface area contributed by atoms with Gasteiger partial charge in [0.25, 0.3) is 0 Å². The van der Waals surface area contributed by atoms with E-state index < -0.39 is 0 Å². The largest absolute Gasteiger partial charge is 0.393 e. The highest BCUT2D eigenvalue weighted by atomic mass is 16.3. The highest BCUT2D eigenvalue weighted by Gasteiger charge is 2.41. The van der Waals surface area contributed by atoms with Crippen LogP contribution in [0.4, 0.5) is 0 Å². The molecule has 1 heterocycles. The van der Waals surface area contributed by atoms with E-state index in [1.54, 1.807) is 0 Å². The molecule has 0 spiro atoms. The van der Waals surface area contributed by atoms with Crippen LogP contribution >= 0.6 is 0 Å². The van der Waals surface area contributed by atoms with Crippen molar-refractivity contribution in [3.63, 3.8) is 0 Å². The summed E-state index contributed by atoms with van der Waals surface area (Å²) in [5, 5.41) is 13.0. The van der Waals surface area contributed by atoms with Crippen molar-refractivity contribution in [1.82, 2.24) is 10.2 Å². The number of benzene rings is 1. The van der Waals surface area contributed by atoms with Gasteiger partial charge in [0.1, 0.15) is 6.17 Å². The molecule has 0 bridgehead atoms. The van der Waals surface area contributed by atoms with Gasteiger partial charge in [-0.15, -0.1) is 0 Å². The van der Waals surface area contributed by atoms with E-state index in [-0.39, 0.29) is 30.3 Å². The van der Waals surface area contributed by atoms with Crippen molar-refractivity contribution >= 4 is 5.91 Å². The minimum Gasteiger partial charge on any atom is -0.393 e. The minimum atomic E-state index is -0.190. The first-order valence-corrected chi connectivity index (χ1v) is 7.48. The number of nitrogens with one attached hydrogen (secondary N) is 1. The van der Waals surface area contributed by atoms with Crippen LogP contribution in [-0.2, 0) is 4.79 Å². The zero-order valence-electron chi connectivity index (χ0n) is 11.8. The molecule has 0 aromatic heterocycles. The molecule has 1 aliphatic heterocycles. The average molecular weight is 274 g/mol. The van der Waals surface area contributed by atoms with Crippen molar-refractivity contribution in [2.45, 2.75) is 57.0 Å². The zero-order valence-corrected chi connectivity index (χ0v) is 11.8. The van der Waals surface area contributed by atoms with Crippen molar-refractivity contribution in [3.05, 3.63) is 35.9 Å². The van der Waals surface area contributed by atoms with Crippen LogP contribution in [0, 0.1) is 0 Å². The maximum atomic E-state index is 12.5. The Balaban J connectivity index is 1.83. The van der Waals surface area contributed by atoms with Crippen LogP contribution in [0.5, 0.6) is 0 Å². The Morgan fingerprint density at radius 3 is 2.45 bits per heavy atom. The molecule has 2 N–H and O–H groups in total. The summed E-state index contributed by atoms with van der Waals surface area (Å²) in [6, 6.07) is 10.2. The lowest BCUT2D eigenvalue weighted by Gasteiger charge is -2.36. The van der Waals surface area contributed by atoms with Crippen molar-refractivity contribution in [3.8, 4) is 0 Å². The number of aliphatic hydroxyl groups excluding tert-OH is 1. The van der Waals surface area contributed by atoms with Gasteiger partial charge in [-0.25, -0.2) is 0 Å². The third-order valence-electron chi connectivity index (χ3n) is 4.49. The maximum Gasteiger partial charge on any atom is 0.241 e. The smallest absolute Gasteiger partial charge is 0.241 e. The zero-order chi connectivity index (χ0) is 14.1. The van der Waals surface area contributed by atoms with Crippen LogP contribution < -0.4 is 5.32 Å². The lowest BCUT2D eigenvalue weighted by molar-refractivity contribution is -0.133. The summed E-state index contributed by atoms with van der Waals surface area (Å²) in [6.45, 7) is 1.93. The molecular weight excluding hydrogens is 252 g/mol. The van der Waals surface area contributed by atoms with Gasteiger partial charge in [-0.05, 0) is 38.2 Å². The lowest BCUT2D eigenvalue weighted by atomic mass is 9.91. The van der Waals surface area contributed by atoms with Gasteiger partial charge in [0, 0.05) is 6.04 Å². The van der Waals surface area contributed by atoms with Crippen LogP contribution in [0.15, 0.2) is 30.3 Å². The van der Waals surface area contributed by atoms with Gasteiger partial charge in [0.15, 0.2) is 0 Å². The van der Waals surface area contributed by atoms with E-state index in [1.807, 2.05) is 30.0 Å². The summed E-state index contributed by atoms with van der Waals surface area (Å²) in [4.78, 5) is 14.5. The maximum absolute atomic E-state index is 12.5. The molecule has 1 aliphatic carbocycles. The van der Waals surface area contributed by atoms with Gasteiger partial charge in [-0.2, -0.15) is 0 Å². The number of hydrogen-bond acceptors (Lipinski definition) is 3. The predicted octanol–water partition coefficient (Wildman–Crippen LogP) is 1.81. The number of rotatable bonds is 2. The van der Waals surface area contributed by atoms with E-state index in [2.05, 4.69) is 17.4 Å². The van der Waals surface area contributed by atoms with Crippen LogP contribution in [0.25, 0.3) is 0 Å². The van der Waals surface area contributed by atoms with Gasteiger partial charge in [0.2, 0.25) is 5.91 Å². The first-order valence-electron chi connectivity index (χ1n) is 7.48. The molecule has 2 fully saturated rings. The molecule has 1 amide bonds. The number of amides is 1. The Labute approximate surface area is 119 Å². The fourth-order valence-corrected chi connectivity index (χ4v) is 3.36. The molecule has 1 saturated heterocycles. The second-order valence-corrected chi connectivity index (χ2v) is 5.91. The molecule has 4 nitrogen and oxygen atoms in total. The molecule has 2 unspecified atom stereocenters. The van der Waals surface area contributed by atoms with E-state index in [1.165, 1.54) is 0 Å². The summed E-state index contributed by atoms with van der Waals surface area (Å²) in [6.07, 6.45) is 3.16. The summed E-state index contributed by atoms with van der Waals surface area (Å²) >= 11 is 0. The van der Waals surface area contributed by atoms with Gasteiger partial charge in [-0.3, -0.25) is 10.1 Å². The van der Waals surface area contributed by atoms with Crippen molar-refractivity contribution < 1.29 is 9.90 Å². The van der Waals surface area contributed by atoms with Crippen LogP contribution in [0.3, 0.4) is 0 Å². The van der Waals surface area contributed by atoms with Crippen LogP contribution in [0.1, 0.15) is 44.3 Å². The molecule has 4 heteroatoms. The van der Waals surface area contributed by atoms with E-state index in [9.17, 15) is 9.90 Å². The lowest BCUT2D eigenvalue weighted by Crippen LogP contribution is -2.42. The first kappa shape index (κ1) is 13.6. The molecule has 3 rings (SSSR count). The Morgan fingerprint density at radius 2 is 1.80 bits per heavy atom. The van der Waals surface area contributed by atoms with E-state index in [4.69, 9.17) is 0 Å². The van der Waals surface area contributed by atoms with Crippen molar-refractivity contribution in [2.75, 3.05) is 0 Å². The van der Waals surface area contributed by atoms with E-state index >= 15 is 0 Å². The second-order valence-electron chi connectivity index (χ2n) is 5.91. The summed E-state index contributed by atoms with van der Waals surface area (Å²) < 4.78 is 0. The summed E-state index contributed by atoms with van der Waals surface area (Å²) in [7, 11) is 0. The molecule has 0 radical (unpaired) electrons.